The molecule has 0 aliphatic heterocycles. The lowest BCUT2D eigenvalue weighted by molar-refractivity contribution is 0.390. The van der Waals surface area contributed by atoms with Gasteiger partial charge in [-0.2, -0.15) is 0 Å². The van der Waals surface area contributed by atoms with E-state index in [1.165, 1.54) is 0 Å². The molecular formula is C15H17ClN2O2. The van der Waals surface area contributed by atoms with Gasteiger partial charge in [0.15, 0.2) is 0 Å². The summed E-state index contributed by atoms with van der Waals surface area (Å²) < 4.78 is 10.6. The van der Waals surface area contributed by atoms with Gasteiger partial charge >= 0.3 is 0 Å². The highest BCUT2D eigenvalue weighted by molar-refractivity contribution is 6.29. The Morgan fingerprint density at radius 1 is 1.15 bits per heavy atom. The number of benzene rings is 1. The first-order chi connectivity index (χ1) is 9.63. The van der Waals surface area contributed by atoms with Crippen LogP contribution in [0.15, 0.2) is 36.4 Å². The van der Waals surface area contributed by atoms with Crippen molar-refractivity contribution in [1.29, 1.82) is 0 Å². The lowest BCUT2D eigenvalue weighted by atomic mass is 10.1. The Morgan fingerprint density at radius 2 is 1.95 bits per heavy atom. The molecule has 2 aromatic rings. The van der Waals surface area contributed by atoms with Gasteiger partial charge in [0.1, 0.15) is 22.5 Å². The SMILES string of the molecule is COc1ccc(C(C)Nc2cccc(Cl)n2)c(OC)c1. The van der Waals surface area contributed by atoms with E-state index in [9.17, 15) is 0 Å². The molecule has 0 fully saturated rings. The molecule has 1 heterocycles. The van der Waals surface area contributed by atoms with E-state index in [-0.39, 0.29) is 6.04 Å². The van der Waals surface area contributed by atoms with Gasteiger partial charge in [0.2, 0.25) is 0 Å². The van der Waals surface area contributed by atoms with Crippen LogP contribution in [0.4, 0.5) is 5.82 Å². The highest BCUT2D eigenvalue weighted by Crippen LogP contribution is 2.31. The summed E-state index contributed by atoms with van der Waals surface area (Å²) in [6, 6.07) is 11.2. The summed E-state index contributed by atoms with van der Waals surface area (Å²) in [4.78, 5) is 4.22. The summed E-state index contributed by atoms with van der Waals surface area (Å²) in [6.45, 7) is 2.03. The van der Waals surface area contributed by atoms with Crippen LogP contribution >= 0.6 is 11.6 Å². The molecule has 0 saturated heterocycles. The Kier molecular flexibility index (Phi) is 4.69. The third-order valence-corrected chi connectivity index (χ3v) is 3.20. The molecule has 0 saturated carbocycles. The molecule has 2 rings (SSSR count). The second-order valence-electron chi connectivity index (χ2n) is 4.32. The highest BCUT2D eigenvalue weighted by Gasteiger charge is 2.13. The molecule has 0 bridgehead atoms. The number of nitrogens with zero attached hydrogens (tertiary/aromatic N) is 1. The van der Waals surface area contributed by atoms with Crippen LogP contribution < -0.4 is 14.8 Å². The molecule has 20 heavy (non-hydrogen) atoms. The molecule has 0 spiro atoms. The van der Waals surface area contributed by atoms with Crippen molar-refractivity contribution in [2.75, 3.05) is 19.5 Å². The lowest BCUT2D eigenvalue weighted by Gasteiger charge is -2.18. The molecule has 1 atom stereocenters. The van der Waals surface area contributed by atoms with E-state index in [0.29, 0.717) is 5.15 Å². The molecule has 1 N–H and O–H groups in total. The molecule has 4 nitrogen and oxygen atoms in total. The molecule has 0 aliphatic carbocycles. The summed E-state index contributed by atoms with van der Waals surface area (Å²) in [5.74, 6) is 2.26. The van der Waals surface area contributed by atoms with E-state index < -0.39 is 0 Å². The zero-order valence-corrected chi connectivity index (χ0v) is 12.4. The average Bonchev–Trinajstić information content (AvgIpc) is 2.46. The van der Waals surface area contributed by atoms with Gasteiger partial charge in [0.25, 0.3) is 0 Å². The Hall–Kier alpha value is -1.94. The predicted octanol–water partition coefficient (Wildman–Crippen LogP) is 3.93. The fourth-order valence-corrected chi connectivity index (χ4v) is 2.13. The number of hydrogen-bond donors (Lipinski definition) is 1. The number of hydrogen-bond acceptors (Lipinski definition) is 4. The van der Waals surface area contributed by atoms with Crippen molar-refractivity contribution in [3.8, 4) is 11.5 Å². The number of ether oxygens (including phenoxy) is 2. The average molecular weight is 293 g/mol. The van der Waals surface area contributed by atoms with E-state index in [0.717, 1.165) is 22.9 Å². The van der Waals surface area contributed by atoms with Gasteiger partial charge in [-0.25, -0.2) is 4.98 Å². The van der Waals surface area contributed by atoms with Crippen LogP contribution in [0.3, 0.4) is 0 Å². The van der Waals surface area contributed by atoms with Crippen LogP contribution in [0, 0.1) is 0 Å². The van der Waals surface area contributed by atoms with Gasteiger partial charge in [-0.15, -0.1) is 0 Å². The number of halogens is 1. The van der Waals surface area contributed by atoms with E-state index >= 15 is 0 Å². The quantitative estimate of drug-likeness (QED) is 0.848. The first-order valence-corrected chi connectivity index (χ1v) is 6.63. The molecule has 1 unspecified atom stereocenters. The van der Waals surface area contributed by atoms with Gasteiger partial charge in [-0.3, -0.25) is 0 Å². The third-order valence-electron chi connectivity index (χ3n) is 2.99. The summed E-state index contributed by atoms with van der Waals surface area (Å²) in [5, 5.41) is 3.76. The Balaban J connectivity index is 2.22. The zero-order valence-electron chi connectivity index (χ0n) is 11.7. The van der Waals surface area contributed by atoms with E-state index in [1.807, 2.05) is 37.3 Å². The summed E-state index contributed by atoms with van der Waals surface area (Å²) in [6.07, 6.45) is 0. The summed E-state index contributed by atoms with van der Waals surface area (Å²) in [5.41, 5.74) is 1.02. The Bertz CT molecular complexity index is 590. The third kappa shape index (κ3) is 3.33. The topological polar surface area (TPSA) is 43.4 Å². The minimum atomic E-state index is 0.0295. The van der Waals surface area contributed by atoms with Crippen LogP contribution in [0.2, 0.25) is 5.15 Å². The molecule has 106 valence electrons. The number of nitrogens with one attached hydrogen (secondary N) is 1. The van der Waals surface area contributed by atoms with Crippen LogP contribution in [-0.2, 0) is 0 Å². The first kappa shape index (κ1) is 14.5. The van der Waals surface area contributed by atoms with Crippen LogP contribution in [-0.4, -0.2) is 19.2 Å². The summed E-state index contributed by atoms with van der Waals surface area (Å²) in [7, 11) is 3.27. The predicted molar refractivity (Wildman–Crippen MR) is 80.8 cm³/mol. The number of methoxy groups -OCH3 is 2. The van der Waals surface area contributed by atoms with Gasteiger partial charge in [-0.1, -0.05) is 17.7 Å². The normalized spacial score (nSPS) is 11.8. The van der Waals surface area contributed by atoms with E-state index in [4.69, 9.17) is 21.1 Å². The van der Waals surface area contributed by atoms with Gasteiger partial charge < -0.3 is 14.8 Å². The maximum atomic E-state index is 5.88. The fraction of sp³-hybridized carbons (Fsp3) is 0.267. The summed E-state index contributed by atoms with van der Waals surface area (Å²) >= 11 is 5.88. The number of pyridine rings is 1. The van der Waals surface area contributed by atoms with E-state index in [1.54, 1.807) is 20.3 Å². The fourth-order valence-electron chi connectivity index (χ4n) is 1.96. The minimum absolute atomic E-state index is 0.0295. The van der Waals surface area contributed by atoms with E-state index in [2.05, 4.69) is 10.3 Å². The van der Waals surface area contributed by atoms with Crippen LogP contribution in [0.5, 0.6) is 11.5 Å². The molecule has 0 aliphatic rings. The molecule has 5 heteroatoms. The number of aromatic nitrogens is 1. The van der Waals surface area contributed by atoms with Crippen molar-refractivity contribution in [1.82, 2.24) is 4.98 Å². The second-order valence-corrected chi connectivity index (χ2v) is 4.71. The number of anilines is 1. The van der Waals surface area contributed by atoms with Crippen molar-refractivity contribution in [3.63, 3.8) is 0 Å². The van der Waals surface area contributed by atoms with Crippen molar-refractivity contribution in [2.24, 2.45) is 0 Å². The Morgan fingerprint density at radius 3 is 2.60 bits per heavy atom. The van der Waals surface area contributed by atoms with Gasteiger partial charge in [-0.05, 0) is 31.2 Å². The maximum absolute atomic E-state index is 5.88. The molecule has 1 aromatic heterocycles. The van der Waals surface area contributed by atoms with Crippen molar-refractivity contribution in [2.45, 2.75) is 13.0 Å². The Labute approximate surface area is 123 Å². The largest absolute Gasteiger partial charge is 0.497 e. The van der Waals surface area contributed by atoms with Crippen molar-refractivity contribution >= 4 is 17.4 Å². The van der Waals surface area contributed by atoms with Crippen molar-refractivity contribution < 1.29 is 9.47 Å². The second kappa shape index (κ2) is 6.48. The van der Waals surface area contributed by atoms with Gasteiger partial charge in [0, 0.05) is 11.6 Å². The monoisotopic (exact) mass is 292 g/mol. The standard InChI is InChI=1S/C15H17ClN2O2/c1-10(17-15-6-4-5-14(16)18-15)12-8-7-11(19-2)9-13(12)20-3/h4-10H,1-3H3,(H,17,18). The molecular weight excluding hydrogens is 276 g/mol. The van der Waals surface area contributed by atoms with Crippen molar-refractivity contribution in [3.05, 3.63) is 47.1 Å². The maximum Gasteiger partial charge on any atom is 0.131 e. The molecule has 0 amide bonds. The van der Waals surface area contributed by atoms with Gasteiger partial charge in [0.05, 0.1) is 20.3 Å². The van der Waals surface area contributed by atoms with Crippen LogP contribution in [0.1, 0.15) is 18.5 Å². The van der Waals surface area contributed by atoms with Crippen LogP contribution in [0.25, 0.3) is 0 Å². The minimum Gasteiger partial charge on any atom is -0.497 e. The first-order valence-electron chi connectivity index (χ1n) is 6.25. The number of rotatable bonds is 5. The zero-order chi connectivity index (χ0) is 14.5. The molecule has 1 aromatic carbocycles. The smallest absolute Gasteiger partial charge is 0.131 e. The highest BCUT2D eigenvalue weighted by atomic mass is 35.5. The molecule has 0 radical (unpaired) electrons. The lowest BCUT2D eigenvalue weighted by Crippen LogP contribution is -2.09.